The highest BCUT2D eigenvalue weighted by Crippen LogP contribution is 2.21. The van der Waals surface area contributed by atoms with E-state index in [1.54, 1.807) is 0 Å². The molecule has 1 amide bonds. The molecule has 3 N–H and O–H groups in total. The number of rotatable bonds is 35. The molecule has 1 saturated heterocycles. The zero-order chi connectivity index (χ0) is 34.0. The first kappa shape index (κ1) is 44.1. The van der Waals surface area contributed by atoms with Crippen LogP contribution in [0.15, 0.2) is 12.2 Å². The number of nitrogens with one attached hydrogen (secondary N) is 1. The lowest BCUT2D eigenvalue weighted by Crippen LogP contribution is -2.48. The summed E-state index contributed by atoms with van der Waals surface area (Å²) in [6, 6.07) is -0.426. The maximum Gasteiger partial charge on any atom is 0.249 e. The smallest absolute Gasteiger partial charge is 0.249 e. The Kier molecular flexibility index (Phi) is 31.5. The Balaban J connectivity index is 1.88. The summed E-state index contributed by atoms with van der Waals surface area (Å²) in [5, 5.41) is 23.8. The fraction of sp³-hybridized carbons (Fsp3) is 0.929. The Morgan fingerprint density at radius 3 is 1.45 bits per heavy atom. The fourth-order valence-electron chi connectivity index (χ4n) is 6.96. The molecule has 1 heterocycles. The Bertz CT molecular complexity index is 698. The van der Waals surface area contributed by atoms with E-state index in [-0.39, 0.29) is 12.0 Å². The van der Waals surface area contributed by atoms with Gasteiger partial charge in [0.1, 0.15) is 12.2 Å². The van der Waals surface area contributed by atoms with Crippen molar-refractivity contribution in [1.29, 1.82) is 0 Å². The van der Waals surface area contributed by atoms with Gasteiger partial charge in [0.25, 0.3) is 0 Å². The van der Waals surface area contributed by atoms with Crippen LogP contribution in [0.25, 0.3) is 0 Å². The number of unbranched alkanes of at least 4 members (excludes halogenated alkanes) is 27. The first-order chi connectivity index (χ1) is 23.1. The summed E-state index contributed by atoms with van der Waals surface area (Å²) in [5.41, 5.74) is 0. The fourth-order valence-corrected chi connectivity index (χ4v) is 6.96. The van der Waals surface area contributed by atoms with Gasteiger partial charge in [-0.1, -0.05) is 193 Å². The van der Waals surface area contributed by atoms with E-state index in [0.29, 0.717) is 13.0 Å². The van der Waals surface area contributed by atoms with Gasteiger partial charge in [0.15, 0.2) is 0 Å². The van der Waals surface area contributed by atoms with E-state index < -0.39 is 18.2 Å². The number of allylic oxidation sites excluding steroid dienone is 2. The van der Waals surface area contributed by atoms with Gasteiger partial charge in [0.05, 0.1) is 18.8 Å². The third-order valence-corrected chi connectivity index (χ3v) is 10.2. The minimum atomic E-state index is -1.00. The standard InChI is InChI=1S/C42H81NO4/c1-3-5-7-9-11-13-15-16-17-18-19-20-21-22-23-24-25-26-27-29-31-33-35-39(44)42(46)43-38-37-47-40(41(38)45)36-34-32-30-28-14-12-10-8-6-4-2/h28,30,38-41,44-45H,3-27,29,31-37H2,1-2H3,(H,43,46). The van der Waals surface area contributed by atoms with Crippen molar-refractivity contribution in [3.8, 4) is 0 Å². The summed E-state index contributed by atoms with van der Waals surface area (Å²) >= 11 is 0. The van der Waals surface area contributed by atoms with Gasteiger partial charge < -0.3 is 20.3 Å². The number of aliphatic hydroxyl groups is 2. The number of ether oxygens (including phenoxy) is 1. The molecule has 0 spiro atoms. The quantitative estimate of drug-likeness (QED) is 0.0466. The van der Waals surface area contributed by atoms with Crippen molar-refractivity contribution in [3.05, 3.63) is 12.2 Å². The zero-order valence-corrected chi connectivity index (χ0v) is 31.5. The van der Waals surface area contributed by atoms with Crippen molar-refractivity contribution in [1.82, 2.24) is 5.32 Å². The predicted octanol–water partition coefficient (Wildman–Crippen LogP) is 11.7. The van der Waals surface area contributed by atoms with Crippen LogP contribution in [-0.4, -0.2) is 47.1 Å². The van der Waals surface area contributed by atoms with E-state index in [1.807, 2.05) is 0 Å². The number of aliphatic hydroxyl groups excluding tert-OH is 2. The van der Waals surface area contributed by atoms with Crippen molar-refractivity contribution in [3.63, 3.8) is 0 Å². The predicted molar refractivity (Wildman–Crippen MR) is 202 cm³/mol. The third-order valence-electron chi connectivity index (χ3n) is 10.2. The lowest BCUT2D eigenvalue weighted by molar-refractivity contribution is -0.131. The Morgan fingerprint density at radius 1 is 0.617 bits per heavy atom. The second-order valence-electron chi connectivity index (χ2n) is 14.8. The van der Waals surface area contributed by atoms with Crippen molar-refractivity contribution in [2.24, 2.45) is 0 Å². The van der Waals surface area contributed by atoms with Crippen molar-refractivity contribution in [2.75, 3.05) is 6.61 Å². The van der Waals surface area contributed by atoms with Gasteiger partial charge in [-0.25, -0.2) is 0 Å². The van der Waals surface area contributed by atoms with Gasteiger partial charge in [-0.2, -0.15) is 0 Å². The van der Waals surface area contributed by atoms with Crippen LogP contribution in [0, 0.1) is 0 Å². The van der Waals surface area contributed by atoms with E-state index in [4.69, 9.17) is 4.74 Å². The Hall–Kier alpha value is -0.910. The van der Waals surface area contributed by atoms with Gasteiger partial charge in [0, 0.05) is 0 Å². The first-order valence-electron chi connectivity index (χ1n) is 21.0. The molecule has 1 fully saturated rings. The molecule has 5 nitrogen and oxygen atoms in total. The summed E-state index contributed by atoms with van der Waals surface area (Å²) < 4.78 is 5.78. The van der Waals surface area contributed by atoms with Crippen LogP contribution in [-0.2, 0) is 9.53 Å². The second-order valence-corrected chi connectivity index (χ2v) is 14.8. The number of hydrogen-bond donors (Lipinski definition) is 3. The molecule has 5 heteroatoms. The molecule has 4 atom stereocenters. The highest BCUT2D eigenvalue weighted by atomic mass is 16.5. The van der Waals surface area contributed by atoms with Crippen molar-refractivity contribution >= 4 is 5.91 Å². The molecule has 278 valence electrons. The summed E-state index contributed by atoms with van der Waals surface area (Å²) in [7, 11) is 0. The zero-order valence-electron chi connectivity index (χ0n) is 31.5. The molecule has 0 saturated carbocycles. The van der Waals surface area contributed by atoms with Crippen LogP contribution in [0.2, 0.25) is 0 Å². The molecule has 0 aliphatic carbocycles. The van der Waals surface area contributed by atoms with Crippen molar-refractivity contribution < 1.29 is 19.7 Å². The maximum atomic E-state index is 12.5. The van der Waals surface area contributed by atoms with Crippen LogP contribution in [0.4, 0.5) is 0 Å². The van der Waals surface area contributed by atoms with E-state index in [0.717, 1.165) is 38.5 Å². The van der Waals surface area contributed by atoms with E-state index in [1.165, 1.54) is 161 Å². The average Bonchev–Trinajstić information content (AvgIpc) is 3.42. The van der Waals surface area contributed by atoms with Gasteiger partial charge in [-0.05, 0) is 38.5 Å². The van der Waals surface area contributed by atoms with E-state index in [2.05, 4.69) is 31.3 Å². The molecule has 0 bridgehead atoms. The van der Waals surface area contributed by atoms with Crippen molar-refractivity contribution in [2.45, 2.75) is 244 Å². The summed E-state index contributed by atoms with van der Waals surface area (Å²) in [4.78, 5) is 12.5. The van der Waals surface area contributed by atoms with Crippen LogP contribution in [0.1, 0.15) is 219 Å². The molecule has 47 heavy (non-hydrogen) atoms. The summed E-state index contributed by atoms with van der Waals surface area (Å²) in [6.45, 7) is 4.85. The topological polar surface area (TPSA) is 78.8 Å². The Labute approximate surface area is 292 Å². The van der Waals surface area contributed by atoms with Gasteiger partial charge in [-0.3, -0.25) is 4.79 Å². The van der Waals surface area contributed by atoms with Crippen LogP contribution < -0.4 is 5.32 Å². The highest BCUT2D eigenvalue weighted by Gasteiger charge is 2.37. The van der Waals surface area contributed by atoms with E-state index in [9.17, 15) is 15.0 Å². The monoisotopic (exact) mass is 664 g/mol. The maximum absolute atomic E-state index is 12.5. The number of hydrogen-bond acceptors (Lipinski definition) is 4. The minimum Gasteiger partial charge on any atom is -0.388 e. The lowest BCUT2D eigenvalue weighted by atomic mass is 10.0. The number of carbonyl (C=O) groups excluding carboxylic acids is 1. The average molecular weight is 664 g/mol. The normalized spacial score (nSPS) is 18.8. The van der Waals surface area contributed by atoms with Gasteiger partial charge in [-0.15, -0.1) is 0 Å². The van der Waals surface area contributed by atoms with Crippen LogP contribution in [0.5, 0.6) is 0 Å². The molecule has 0 aromatic carbocycles. The highest BCUT2D eigenvalue weighted by molar-refractivity contribution is 5.80. The molecule has 0 radical (unpaired) electrons. The van der Waals surface area contributed by atoms with E-state index >= 15 is 0 Å². The molecule has 1 aliphatic rings. The second kappa shape index (κ2) is 33.6. The third kappa shape index (κ3) is 26.6. The molecule has 4 unspecified atom stereocenters. The molecule has 1 rings (SSSR count). The summed E-state index contributed by atoms with van der Waals surface area (Å²) in [6.07, 6.45) is 43.3. The molecule has 1 aliphatic heterocycles. The molecular formula is C42H81NO4. The Morgan fingerprint density at radius 2 is 1.00 bits per heavy atom. The SMILES string of the molecule is CCCCCCCC=CCCCC1OCC(NC(=O)C(O)CCCCCCCCCCCCCCCCCCCCCCCC)C1O. The van der Waals surface area contributed by atoms with Crippen LogP contribution >= 0.6 is 0 Å². The first-order valence-corrected chi connectivity index (χ1v) is 21.0. The minimum absolute atomic E-state index is 0.237. The molecule has 0 aromatic heterocycles. The largest absolute Gasteiger partial charge is 0.388 e. The van der Waals surface area contributed by atoms with Gasteiger partial charge in [0.2, 0.25) is 5.91 Å². The molecular weight excluding hydrogens is 582 g/mol. The van der Waals surface area contributed by atoms with Crippen LogP contribution in [0.3, 0.4) is 0 Å². The lowest BCUT2D eigenvalue weighted by Gasteiger charge is -2.20. The summed E-state index contributed by atoms with van der Waals surface area (Å²) in [5.74, 6) is -0.372. The number of carbonyl (C=O) groups is 1. The molecule has 0 aromatic rings. The van der Waals surface area contributed by atoms with Gasteiger partial charge >= 0.3 is 0 Å². The number of amides is 1.